The largest absolute Gasteiger partial charge is 0.343 e. The molecule has 1 atom stereocenters. The second-order valence-corrected chi connectivity index (χ2v) is 6.83. The predicted molar refractivity (Wildman–Crippen MR) is 92.3 cm³/mol. The van der Waals surface area contributed by atoms with Gasteiger partial charge in [-0.3, -0.25) is 14.5 Å². The lowest BCUT2D eigenvalue weighted by Crippen LogP contribution is -2.39. The highest BCUT2D eigenvalue weighted by Gasteiger charge is 2.22. The zero-order valence-electron chi connectivity index (χ0n) is 14.6. The molecule has 3 rings (SSSR count). The maximum Gasteiger partial charge on any atom is 0.219 e. The van der Waals surface area contributed by atoms with Gasteiger partial charge < -0.3 is 4.90 Å². The molecule has 6 heteroatoms. The van der Waals surface area contributed by atoms with E-state index in [-0.39, 0.29) is 11.9 Å². The smallest absolute Gasteiger partial charge is 0.219 e. The minimum atomic E-state index is 0.167. The Morgan fingerprint density at radius 3 is 2.96 bits per heavy atom. The van der Waals surface area contributed by atoms with E-state index < -0.39 is 0 Å². The van der Waals surface area contributed by atoms with Gasteiger partial charge in [-0.1, -0.05) is 0 Å². The molecule has 2 aromatic rings. The monoisotopic (exact) mass is 327 g/mol. The Morgan fingerprint density at radius 2 is 2.21 bits per heavy atom. The average molecular weight is 327 g/mol. The lowest BCUT2D eigenvalue weighted by Gasteiger charge is -2.31. The Labute approximate surface area is 142 Å². The summed E-state index contributed by atoms with van der Waals surface area (Å²) < 4.78 is 1.96. The highest BCUT2D eigenvalue weighted by atomic mass is 16.2. The summed E-state index contributed by atoms with van der Waals surface area (Å²) in [5, 5.41) is 4.37. The molecule has 0 bridgehead atoms. The molecule has 1 aliphatic rings. The molecular weight excluding hydrogens is 302 g/mol. The van der Waals surface area contributed by atoms with E-state index in [2.05, 4.69) is 23.9 Å². The van der Waals surface area contributed by atoms with Crippen molar-refractivity contribution in [2.24, 2.45) is 5.92 Å². The van der Waals surface area contributed by atoms with Gasteiger partial charge in [0.15, 0.2) is 0 Å². The summed E-state index contributed by atoms with van der Waals surface area (Å²) in [6, 6.07) is 2.26. The van der Waals surface area contributed by atoms with E-state index in [4.69, 9.17) is 4.98 Å². The molecule has 0 radical (unpaired) electrons. The molecule has 0 N–H and O–H groups in total. The van der Waals surface area contributed by atoms with Crippen LogP contribution in [-0.4, -0.2) is 43.6 Å². The minimum absolute atomic E-state index is 0.167. The van der Waals surface area contributed by atoms with E-state index >= 15 is 0 Å². The molecule has 6 nitrogen and oxygen atoms in total. The third kappa shape index (κ3) is 3.63. The van der Waals surface area contributed by atoms with E-state index in [0.29, 0.717) is 5.92 Å². The van der Waals surface area contributed by atoms with E-state index in [1.54, 1.807) is 19.3 Å². The fourth-order valence-electron chi connectivity index (χ4n) is 3.37. The lowest BCUT2D eigenvalue weighted by molar-refractivity contribution is -0.130. The van der Waals surface area contributed by atoms with E-state index in [1.165, 1.54) is 0 Å². The van der Waals surface area contributed by atoms with E-state index in [1.807, 2.05) is 21.8 Å². The summed E-state index contributed by atoms with van der Waals surface area (Å²) in [4.78, 5) is 22.7. The van der Waals surface area contributed by atoms with Gasteiger partial charge in [-0.15, -0.1) is 0 Å². The van der Waals surface area contributed by atoms with Crippen molar-refractivity contribution in [3.8, 4) is 11.4 Å². The zero-order chi connectivity index (χ0) is 17.1. The van der Waals surface area contributed by atoms with Gasteiger partial charge in [-0.25, -0.2) is 4.98 Å². The maximum absolute atomic E-state index is 11.6. The van der Waals surface area contributed by atoms with Crippen molar-refractivity contribution < 1.29 is 4.79 Å². The fraction of sp³-hybridized carbons (Fsp3) is 0.556. The molecule has 1 aliphatic heterocycles. The van der Waals surface area contributed by atoms with Gasteiger partial charge in [0.1, 0.15) is 5.69 Å². The summed E-state index contributed by atoms with van der Waals surface area (Å²) in [6.07, 6.45) is 8.50. The summed E-state index contributed by atoms with van der Waals surface area (Å²) in [5.41, 5.74) is 2.84. The standard InChI is InChI=1S/C18H25N5O/c1-13(2)23-18(6-7-20-23)17-11-19-10-16(21-17)9-15-5-4-8-22(12-15)14(3)24/h6-7,10-11,13,15H,4-5,8-9,12H2,1-3H3. The number of hydrogen-bond donors (Lipinski definition) is 0. The lowest BCUT2D eigenvalue weighted by atomic mass is 9.93. The zero-order valence-corrected chi connectivity index (χ0v) is 14.6. The van der Waals surface area contributed by atoms with Crippen LogP contribution in [0.4, 0.5) is 0 Å². The number of rotatable bonds is 4. The van der Waals surface area contributed by atoms with Crippen LogP contribution in [0.15, 0.2) is 24.7 Å². The van der Waals surface area contributed by atoms with Gasteiger partial charge in [0.05, 0.1) is 17.6 Å². The number of hydrogen-bond acceptors (Lipinski definition) is 4. The van der Waals surface area contributed by atoms with Crippen molar-refractivity contribution in [3.63, 3.8) is 0 Å². The van der Waals surface area contributed by atoms with Crippen molar-refractivity contribution in [2.45, 2.75) is 46.1 Å². The second-order valence-electron chi connectivity index (χ2n) is 6.83. The summed E-state index contributed by atoms with van der Waals surface area (Å²) >= 11 is 0. The fourth-order valence-corrected chi connectivity index (χ4v) is 3.37. The maximum atomic E-state index is 11.6. The molecule has 0 aromatic carbocycles. The summed E-state index contributed by atoms with van der Waals surface area (Å²) in [5.74, 6) is 0.627. The minimum Gasteiger partial charge on any atom is -0.343 e. The molecule has 1 unspecified atom stereocenters. The first-order chi connectivity index (χ1) is 11.5. The Morgan fingerprint density at radius 1 is 1.38 bits per heavy atom. The highest BCUT2D eigenvalue weighted by Crippen LogP contribution is 2.23. The molecule has 1 saturated heterocycles. The number of piperidine rings is 1. The van der Waals surface area contributed by atoms with Crippen LogP contribution in [0.2, 0.25) is 0 Å². The average Bonchev–Trinajstić information content (AvgIpc) is 3.05. The first-order valence-corrected chi connectivity index (χ1v) is 8.65. The highest BCUT2D eigenvalue weighted by molar-refractivity contribution is 5.73. The molecule has 1 fully saturated rings. The number of nitrogens with zero attached hydrogens (tertiary/aromatic N) is 5. The van der Waals surface area contributed by atoms with Gasteiger partial charge in [0, 0.05) is 38.4 Å². The van der Waals surface area contributed by atoms with Gasteiger partial charge in [0.2, 0.25) is 5.91 Å². The number of carbonyl (C=O) groups excluding carboxylic acids is 1. The van der Waals surface area contributed by atoms with Crippen LogP contribution in [0.3, 0.4) is 0 Å². The van der Waals surface area contributed by atoms with Crippen LogP contribution < -0.4 is 0 Å². The Bertz CT molecular complexity index is 709. The molecule has 0 spiro atoms. The SMILES string of the molecule is CC(=O)N1CCCC(Cc2cncc(-c3ccnn3C(C)C)n2)C1. The number of likely N-dealkylation sites (tertiary alicyclic amines) is 1. The van der Waals surface area contributed by atoms with Crippen molar-refractivity contribution in [1.82, 2.24) is 24.6 Å². The van der Waals surface area contributed by atoms with Gasteiger partial charge in [-0.05, 0) is 45.1 Å². The summed E-state index contributed by atoms with van der Waals surface area (Å²) in [7, 11) is 0. The van der Waals surface area contributed by atoms with Gasteiger partial charge in [0.25, 0.3) is 0 Å². The number of amides is 1. The second kappa shape index (κ2) is 7.11. The molecule has 0 aliphatic carbocycles. The van der Waals surface area contributed by atoms with Crippen molar-refractivity contribution >= 4 is 5.91 Å². The number of aromatic nitrogens is 4. The third-order valence-corrected chi connectivity index (χ3v) is 4.57. The van der Waals surface area contributed by atoms with Crippen LogP contribution >= 0.6 is 0 Å². The molecule has 3 heterocycles. The topological polar surface area (TPSA) is 63.9 Å². The quantitative estimate of drug-likeness (QED) is 0.866. The molecule has 1 amide bonds. The van der Waals surface area contributed by atoms with Crippen LogP contribution in [0.1, 0.15) is 45.3 Å². The molecular formula is C18H25N5O. The molecule has 24 heavy (non-hydrogen) atoms. The first kappa shape index (κ1) is 16.6. The van der Waals surface area contributed by atoms with Gasteiger partial charge >= 0.3 is 0 Å². The molecule has 128 valence electrons. The van der Waals surface area contributed by atoms with Crippen molar-refractivity contribution in [2.75, 3.05) is 13.1 Å². The third-order valence-electron chi connectivity index (χ3n) is 4.57. The van der Waals surface area contributed by atoms with E-state index in [9.17, 15) is 4.79 Å². The first-order valence-electron chi connectivity index (χ1n) is 8.65. The van der Waals surface area contributed by atoms with Gasteiger partial charge in [-0.2, -0.15) is 5.10 Å². The summed E-state index contributed by atoms with van der Waals surface area (Å²) in [6.45, 7) is 7.56. The van der Waals surface area contributed by atoms with Crippen molar-refractivity contribution in [1.29, 1.82) is 0 Å². The van der Waals surface area contributed by atoms with Crippen molar-refractivity contribution in [3.05, 3.63) is 30.4 Å². The predicted octanol–water partition coefficient (Wildman–Crippen LogP) is 2.72. The Kier molecular flexibility index (Phi) is 4.92. The van der Waals surface area contributed by atoms with Crippen LogP contribution in [0.5, 0.6) is 0 Å². The van der Waals surface area contributed by atoms with E-state index in [0.717, 1.165) is 49.4 Å². The van der Waals surface area contributed by atoms with Crippen LogP contribution in [-0.2, 0) is 11.2 Å². The normalized spacial score (nSPS) is 18.2. The van der Waals surface area contributed by atoms with Crippen LogP contribution in [0.25, 0.3) is 11.4 Å². The number of carbonyl (C=O) groups is 1. The molecule has 2 aromatic heterocycles. The molecule has 0 saturated carbocycles. The Balaban J connectivity index is 1.76. The van der Waals surface area contributed by atoms with Crippen LogP contribution in [0, 0.1) is 5.92 Å². The Hall–Kier alpha value is -2.24.